The highest BCUT2D eigenvalue weighted by molar-refractivity contribution is 6.30. The summed E-state index contributed by atoms with van der Waals surface area (Å²) in [5, 5.41) is 3.41. The van der Waals surface area contributed by atoms with Gasteiger partial charge in [-0.15, -0.1) is 0 Å². The Morgan fingerprint density at radius 3 is 2.64 bits per heavy atom. The first kappa shape index (κ1) is 17.2. The first-order chi connectivity index (χ1) is 12.0. The van der Waals surface area contributed by atoms with E-state index in [1.807, 2.05) is 0 Å². The molecule has 5 heteroatoms. The molecule has 2 aromatic rings. The molecule has 128 valence electrons. The van der Waals surface area contributed by atoms with E-state index in [4.69, 9.17) is 16.3 Å². The van der Waals surface area contributed by atoms with E-state index in [1.54, 1.807) is 31.4 Å². The van der Waals surface area contributed by atoms with Gasteiger partial charge in [0, 0.05) is 17.0 Å². The van der Waals surface area contributed by atoms with Crippen LogP contribution in [0.15, 0.2) is 53.2 Å². The molecule has 4 nitrogen and oxygen atoms in total. The molecule has 1 aliphatic rings. The van der Waals surface area contributed by atoms with Crippen LogP contribution >= 0.6 is 11.6 Å². The molecule has 0 aliphatic carbocycles. The molecule has 0 saturated carbocycles. The molecule has 0 unspecified atom stereocenters. The van der Waals surface area contributed by atoms with Gasteiger partial charge in [0.15, 0.2) is 0 Å². The summed E-state index contributed by atoms with van der Waals surface area (Å²) in [5.41, 5.74) is 3.54. The maximum absolute atomic E-state index is 12.2. The van der Waals surface area contributed by atoms with E-state index in [9.17, 15) is 4.79 Å². The fraction of sp³-hybridized carbons (Fsp3) is 0.200. The van der Waals surface area contributed by atoms with Crippen molar-refractivity contribution in [3.8, 4) is 5.75 Å². The minimum absolute atomic E-state index is 0.207. The van der Waals surface area contributed by atoms with Crippen LogP contribution in [0.1, 0.15) is 23.1 Å². The minimum atomic E-state index is -0.207. The lowest BCUT2D eigenvalue weighted by Crippen LogP contribution is -2.24. The lowest BCUT2D eigenvalue weighted by molar-refractivity contribution is -0.115. The Bertz CT molecular complexity index is 854. The third-order valence-electron chi connectivity index (χ3n) is 4.00. The fourth-order valence-corrected chi connectivity index (χ4v) is 2.80. The van der Waals surface area contributed by atoms with Gasteiger partial charge in [-0.2, -0.15) is 0 Å². The van der Waals surface area contributed by atoms with Crippen molar-refractivity contribution in [3.05, 3.63) is 69.9 Å². The molecule has 0 bridgehead atoms. The average molecular weight is 355 g/mol. The molecule has 0 spiro atoms. The summed E-state index contributed by atoms with van der Waals surface area (Å²) in [5.74, 6) is 1.12. The van der Waals surface area contributed by atoms with Gasteiger partial charge in [0.05, 0.1) is 7.11 Å². The number of carbonyl (C=O) groups excluding carboxylic acids is 1. The number of hydrogen-bond acceptors (Lipinski definition) is 3. The summed E-state index contributed by atoms with van der Waals surface area (Å²) in [6.45, 7) is 2.06. The highest BCUT2D eigenvalue weighted by Crippen LogP contribution is 2.26. The molecular formula is C20H19ClN2O2. The van der Waals surface area contributed by atoms with Crippen LogP contribution in [0, 0.1) is 6.92 Å². The number of carbonyl (C=O) groups is 1. The topological polar surface area (TPSA) is 50.7 Å². The Kier molecular flexibility index (Phi) is 5.19. The van der Waals surface area contributed by atoms with Crippen LogP contribution in [0.4, 0.5) is 0 Å². The van der Waals surface area contributed by atoms with Crippen molar-refractivity contribution in [3.63, 3.8) is 0 Å². The summed E-state index contributed by atoms with van der Waals surface area (Å²) in [6.07, 6.45) is 3.20. The number of aryl methyl sites for hydroxylation is 2. The van der Waals surface area contributed by atoms with E-state index >= 15 is 0 Å². The second-order valence-electron chi connectivity index (χ2n) is 5.91. The van der Waals surface area contributed by atoms with Crippen LogP contribution in [0.25, 0.3) is 6.08 Å². The standard InChI is InChI=1S/C20H19ClN2O2/c1-13-3-5-14(6-4-13)7-10-19-22-17(20(24)23-19)12-15-11-16(21)8-9-18(15)25-2/h3-6,8-9,11-12H,7,10H2,1-2H3,(H,22,23,24)/b17-12+. The van der Waals surface area contributed by atoms with Gasteiger partial charge in [0.25, 0.3) is 5.91 Å². The van der Waals surface area contributed by atoms with Crippen molar-refractivity contribution in [1.82, 2.24) is 5.32 Å². The number of hydrogen-bond donors (Lipinski definition) is 1. The quantitative estimate of drug-likeness (QED) is 0.820. The Labute approximate surface area is 152 Å². The van der Waals surface area contributed by atoms with E-state index in [0.29, 0.717) is 28.7 Å². The zero-order valence-corrected chi connectivity index (χ0v) is 14.9. The molecule has 3 rings (SSSR count). The first-order valence-corrected chi connectivity index (χ1v) is 8.42. The van der Waals surface area contributed by atoms with E-state index in [-0.39, 0.29) is 5.91 Å². The van der Waals surface area contributed by atoms with Gasteiger partial charge in [-0.1, -0.05) is 41.4 Å². The zero-order valence-electron chi connectivity index (χ0n) is 14.2. The number of halogens is 1. The molecule has 0 aromatic heterocycles. The second kappa shape index (κ2) is 7.53. The fourth-order valence-electron chi connectivity index (χ4n) is 2.62. The molecule has 1 aliphatic heterocycles. The summed E-state index contributed by atoms with van der Waals surface area (Å²) < 4.78 is 5.30. The summed E-state index contributed by atoms with van der Waals surface area (Å²) in [4.78, 5) is 16.6. The summed E-state index contributed by atoms with van der Waals surface area (Å²) >= 11 is 6.03. The molecule has 1 heterocycles. The lowest BCUT2D eigenvalue weighted by Gasteiger charge is -2.05. The SMILES string of the molecule is COc1ccc(Cl)cc1/C=C1/N=C(CCc2ccc(C)cc2)NC1=O. The van der Waals surface area contributed by atoms with Gasteiger partial charge < -0.3 is 10.1 Å². The molecule has 1 N–H and O–H groups in total. The third kappa shape index (κ3) is 4.28. The predicted molar refractivity (Wildman–Crippen MR) is 101 cm³/mol. The van der Waals surface area contributed by atoms with Crippen molar-refractivity contribution >= 4 is 29.4 Å². The Hall–Kier alpha value is -2.59. The molecule has 0 fully saturated rings. The monoisotopic (exact) mass is 354 g/mol. The average Bonchev–Trinajstić information content (AvgIpc) is 2.94. The number of ether oxygens (including phenoxy) is 1. The first-order valence-electron chi connectivity index (χ1n) is 8.05. The number of amidine groups is 1. The van der Waals surface area contributed by atoms with Crippen molar-refractivity contribution in [1.29, 1.82) is 0 Å². The molecule has 25 heavy (non-hydrogen) atoms. The van der Waals surface area contributed by atoms with Gasteiger partial charge >= 0.3 is 0 Å². The maximum atomic E-state index is 12.2. The Morgan fingerprint density at radius 1 is 1.16 bits per heavy atom. The van der Waals surface area contributed by atoms with E-state index in [1.165, 1.54) is 11.1 Å². The smallest absolute Gasteiger partial charge is 0.275 e. The normalized spacial score (nSPS) is 15.2. The third-order valence-corrected chi connectivity index (χ3v) is 4.24. The highest BCUT2D eigenvalue weighted by atomic mass is 35.5. The molecule has 0 atom stereocenters. The van der Waals surface area contributed by atoms with E-state index in [0.717, 1.165) is 12.0 Å². The minimum Gasteiger partial charge on any atom is -0.496 e. The number of amides is 1. The Morgan fingerprint density at radius 2 is 1.92 bits per heavy atom. The molecule has 0 radical (unpaired) electrons. The van der Waals surface area contributed by atoms with Gasteiger partial charge in [-0.3, -0.25) is 4.79 Å². The number of rotatable bonds is 5. The molecule has 1 amide bonds. The summed E-state index contributed by atoms with van der Waals surface area (Å²) in [6, 6.07) is 13.6. The van der Waals surface area contributed by atoms with Crippen LogP contribution in [0.3, 0.4) is 0 Å². The van der Waals surface area contributed by atoms with Crippen LogP contribution in [-0.4, -0.2) is 18.9 Å². The predicted octanol–water partition coefficient (Wildman–Crippen LogP) is 4.16. The van der Waals surface area contributed by atoms with Gasteiger partial charge in [-0.05, 0) is 43.2 Å². The summed E-state index contributed by atoms with van der Waals surface area (Å²) in [7, 11) is 1.58. The van der Waals surface area contributed by atoms with Crippen LogP contribution < -0.4 is 10.1 Å². The van der Waals surface area contributed by atoms with Crippen LogP contribution in [0.2, 0.25) is 5.02 Å². The highest BCUT2D eigenvalue weighted by Gasteiger charge is 2.20. The number of benzene rings is 2. The van der Waals surface area contributed by atoms with Crippen LogP contribution in [-0.2, 0) is 11.2 Å². The maximum Gasteiger partial charge on any atom is 0.275 e. The number of aliphatic imine (C=N–C) groups is 1. The van der Waals surface area contributed by atoms with Gasteiger partial charge in [0.1, 0.15) is 17.3 Å². The van der Waals surface area contributed by atoms with Gasteiger partial charge in [0.2, 0.25) is 0 Å². The van der Waals surface area contributed by atoms with E-state index < -0.39 is 0 Å². The van der Waals surface area contributed by atoms with Crippen molar-refractivity contribution in [2.75, 3.05) is 7.11 Å². The number of methoxy groups -OCH3 is 1. The Balaban J connectivity index is 1.76. The zero-order chi connectivity index (χ0) is 17.8. The van der Waals surface area contributed by atoms with Crippen molar-refractivity contribution in [2.45, 2.75) is 19.8 Å². The second-order valence-corrected chi connectivity index (χ2v) is 6.35. The van der Waals surface area contributed by atoms with Gasteiger partial charge in [-0.25, -0.2) is 4.99 Å². The lowest BCUT2D eigenvalue weighted by atomic mass is 10.1. The van der Waals surface area contributed by atoms with Crippen molar-refractivity contribution < 1.29 is 9.53 Å². The molecular weight excluding hydrogens is 336 g/mol. The number of nitrogens with zero attached hydrogens (tertiary/aromatic N) is 1. The molecule has 0 saturated heterocycles. The number of nitrogens with one attached hydrogen (secondary N) is 1. The molecule has 2 aromatic carbocycles. The van der Waals surface area contributed by atoms with Crippen LogP contribution in [0.5, 0.6) is 5.75 Å². The largest absolute Gasteiger partial charge is 0.496 e. The van der Waals surface area contributed by atoms with Crippen molar-refractivity contribution in [2.24, 2.45) is 4.99 Å². The van der Waals surface area contributed by atoms with E-state index in [2.05, 4.69) is 41.5 Å².